The molecule has 42 heavy (non-hydrogen) atoms. The van der Waals surface area contributed by atoms with Crippen molar-refractivity contribution in [2.45, 2.75) is 104 Å². The quantitative estimate of drug-likeness (QED) is 0.253. The summed E-state index contributed by atoms with van der Waals surface area (Å²) in [6, 6.07) is 10.8. The first kappa shape index (κ1) is 32.0. The van der Waals surface area contributed by atoms with Crippen LogP contribution in [-0.2, 0) is 16.0 Å². The van der Waals surface area contributed by atoms with Crippen LogP contribution in [0.15, 0.2) is 36.4 Å². The van der Waals surface area contributed by atoms with Crippen molar-refractivity contribution < 1.29 is 23.8 Å². The first-order valence-corrected chi connectivity index (χ1v) is 16.0. The molecule has 2 aliphatic heterocycles. The number of carboxylic acid groups (broad SMARTS) is 1. The number of nitrogens with zero attached hydrogens (tertiary/aromatic N) is 2. The number of aliphatic carboxylic acids is 1. The molecule has 2 aliphatic rings. The molecule has 0 aliphatic carbocycles. The van der Waals surface area contributed by atoms with Gasteiger partial charge in [-0.2, -0.15) is 0 Å². The molecular weight excluding hydrogens is 531 g/mol. The summed E-state index contributed by atoms with van der Waals surface area (Å²) in [5, 5.41) is 10.6. The summed E-state index contributed by atoms with van der Waals surface area (Å²) in [7, 11) is 0. The summed E-state index contributed by atoms with van der Waals surface area (Å²) in [5.74, 6) is -0.744. The number of ether oxygens (including phenoxy) is 1. The molecule has 1 amide bonds. The van der Waals surface area contributed by atoms with E-state index in [1.54, 1.807) is 19.1 Å². The van der Waals surface area contributed by atoms with Gasteiger partial charge >= 0.3 is 5.97 Å². The number of likely N-dealkylation sites (tertiary alicyclic amines) is 1. The van der Waals surface area contributed by atoms with E-state index in [1.165, 1.54) is 6.07 Å². The SMILES string of the molecule is CCCC(C)CC1C(C(=O)O)C(c2ccc3c(c2)CCO3)CN1CC(=O)N(c1ccc(F)c(C)c1)C(CCC)CCC. The molecule has 4 rings (SSSR count). The average Bonchev–Trinajstić information content (AvgIpc) is 3.55. The Morgan fingerprint density at radius 3 is 2.43 bits per heavy atom. The van der Waals surface area contributed by atoms with Gasteiger partial charge in [-0.25, -0.2) is 4.39 Å². The van der Waals surface area contributed by atoms with Gasteiger partial charge in [0.2, 0.25) is 5.91 Å². The number of carbonyl (C=O) groups excluding carboxylic acids is 1. The molecule has 0 bridgehead atoms. The Balaban J connectivity index is 1.70. The molecule has 0 aromatic heterocycles. The normalized spacial score (nSPS) is 20.9. The second-order valence-electron chi connectivity index (χ2n) is 12.5. The number of benzene rings is 2. The number of hydrogen-bond donors (Lipinski definition) is 1. The van der Waals surface area contributed by atoms with Crippen molar-refractivity contribution in [1.29, 1.82) is 0 Å². The van der Waals surface area contributed by atoms with Gasteiger partial charge in [-0.15, -0.1) is 0 Å². The highest BCUT2D eigenvalue weighted by Gasteiger charge is 2.48. The highest BCUT2D eigenvalue weighted by atomic mass is 19.1. The summed E-state index contributed by atoms with van der Waals surface area (Å²) in [4.78, 5) is 31.3. The largest absolute Gasteiger partial charge is 0.493 e. The van der Waals surface area contributed by atoms with Gasteiger partial charge in [0.05, 0.1) is 19.1 Å². The van der Waals surface area contributed by atoms with E-state index >= 15 is 0 Å². The Hall–Kier alpha value is -2.93. The lowest BCUT2D eigenvalue weighted by Gasteiger charge is -2.35. The van der Waals surface area contributed by atoms with Gasteiger partial charge in [0.25, 0.3) is 0 Å². The second kappa shape index (κ2) is 14.5. The molecule has 1 saturated heterocycles. The number of amides is 1. The van der Waals surface area contributed by atoms with Gasteiger partial charge in [0, 0.05) is 36.7 Å². The molecule has 0 spiro atoms. The number of carboxylic acids is 1. The van der Waals surface area contributed by atoms with E-state index in [0.717, 1.165) is 68.2 Å². The predicted molar refractivity (Wildman–Crippen MR) is 166 cm³/mol. The molecule has 2 aromatic carbocycles. The Bertz CT molecular complexity index is 1230. The highest BCUT2D eigenvalue weighted by molar-refractivity contribution is 5.95. The zero-order valence-corrected chi connectivity index (χ0v) is 26.1. The monoisotopic (exact) mass is 580 g/mol. The zero-order valence-electron chi connectivity index (χ0n) is 26.1. The van der Waals surface area contributed by atoms with E-state index < -0.39 is 11.9 Å². The third kappa shape index (κ3) is 7.16. The maximum absolute atomic E-state index is 14.3. The minimum atomic E-state index is -0.804. The molecule has 1 N–H and O–H groups in total. The summed E-state index contributed by atoms with van der Waals surface area (Å²) >= 11 is 0. The minimum absolute atomic E-state index is 0.000192. The van der Waals surface area contributed by atoms with Crippen LogP contribution in [0.2, 0.25) is 0 Å². The molecular formula is C35H49FN2O4. The number of hydrogen-bond acceptors (Lipinski definition) is 4. The van der Waals surface area contributed by atoms with Crippen LogP contribution in [0.1, 0.15) is 95.2 Å². The van der Waals surface area contributed by atoms with Crippen molar-refractivity contribution in [3.63, 3.8) is 0 Å². The van der Waals surface area contributed by atoms with Crippen molar-refractivity contribution in [2.75, 3.05) is 24.6 Å². The van der Waals surface area contributed by atoms with Crippen molar-refractivity contribution >= 4 is 17.6 Å². The smallest absolute Gasteiger partial charge is 0.308 e. The maximum Gasteiger partial charge on any atom is 0.308 e. The molecule has 2 aromatic rings. The van der Waals surface area contributed by atoms with E-state index in [1.807, 2.05) is 17.0 Å². The van der Waals surface area contributed by atoms with Crippen molar-refractivity contribution in [2.24, 2.45) is 11.8 Å². The lowest BCUT2D eigenvalue weighted by molar-refractivity contribution is -0.143. The van der Waals surface area contributed by atoms with E-state index in [9.17, 15) is 19.1 Å². The van der Waals surface area contributed by atoms with Crippen LogP contribution >= 0.6 is 0 Å². The fourth-order valence-corrected chi connectivity index (χ4v) is 7.24. The van der Waals surface area contributed by atoms with Crippen LogP contribution < -0.4 is 9.64 Å². The number of rotatable bonds is 14. The fourth-order valence-electron chi connectivity index (χ4n) is 7.24. The number of fused-ring (bicyclic) bond motifs is 1. The third-order valence-electron chi connectivity index (χ3n) is 9.24. The summed E-state index contributed by atoms with van der Waals surface area (Å²) < 4.78 is 20.0. The number of anilines is 1. The van der Waals surface area contributed by atoms with Crippen LogP contribution in [-0.4, -0.2) is 53.7 Å². The van der Waals surface area contributed by atoms with Gasteiger partial charge in [-0.1, -0.05) is 65.5 Å². The van der Waals surface area contributed by atoms with Gasteiger partial charge in [0.15, 0.2) is 0 Å². The average molecular weight is 581 g/mol. The zero-order chi connectivity index (χ0) is 30.4. The van der Waals surface area contributed by atoms with Crippen LogP contribution in [0.5, 0.6) is 5.75 Å². The van der Waals surface area contributed by atoms with Crippen LogP contribution in [0.25, 0.3) is 0 Å². The van der Waals surface area contributed by atoms with Gasteiger partial charge in [-0.05, 0) is 73.1 Å². The third-order valence-corrected chi connectivity index (χ3v) is 9.24. The van der Waals surface area contributed by atoms with Crippen molar-refractivity contribution in [3.05, 3.63) is 58.9 Å². The van der Waals surface area contributed by atoms with Gasteiger partial charge in [0.1, 0.15) is 11.6 Å². The topological polar surface area (TPSA) is 70.1 Å². The molecule has 2 heterocycles. The Labute approximate surface area is 251 Å². The van der Waals surface area contributed by atoms with Crippen LogP contribution in [0.3, 0.4) is 0 Å². The van der Waals surface area contributed by atoms with Crippen molar-refractivity contribution in [3.8, 4) is 5.75 Å². The molecule has 0 radical (unpaired) electrons. The minimum Gasteiger partial charge on any atom is -0.493 e. The number of halogens is 1. The van der Waals surface area contributed by atoms with E-state index in [2.05, 4.69) is 38.7 Å². The van der Waals surface area contributed by atoms with Crippen molar-refractivity contribution in [1.82, 2.24) is 4.90 Å². The second-order valence-corrected chi connectivity index (χ2v) is 12.5. The molecule has 4 atom stereocenters. The molecule has 0 saturated carbocycles. The summed E-state index contributed by atoms with van der Waals surface area (Å²) in [6.07, 6.45) is 7.17. The van der Waals surface area contributed by atoms with Gasteiger partial charge in [-0.3, -0.25) is 14.5 Å². The standard InChI is InChI=1S/C35H49FN2O4/c1-6-9-23(4)18-31-34(35(40)41)29(25-12-15-32-26(20-25)16-17-42-32)21-37(31)22-33(39)38(27(10-7-2)11-8-3)28-13-14-30(36)24(5)19-28/h12-15,19-20,23,27,29,31,34H,6-11,16-18,21-22H2,1-5H3,(H,40,41). The first-order chi connectivity index (χ1) is 20.2. The predicted octanol–water partition coefficient (Wildman–Crippen LogP) is 7.37. The van der Waals surface area contributed by atoms with Crippen LogP contribution in [0.4, 0.5) is 10.1 Å². The highest BCUT2D eigenvalue weighted by Crippen LogP contribution is 2.42. The summed E-state index contributed by atoms with van der Waals surface area (Å²) in [6.45, 7) is 11.6. The molecule has 7 heteroatoms. The molecule has 6 nitrogen and oxygen atoms in total. The lowest BCUT2D eigenvalue weighted by Crippen LogP contribution is -2.48. The number of carbonyl (C=O) groups is 2. The van der Waals surface area contributed by atoms with E-state index in [0.29, 0.717) is 30.3 Å². The maximum atomic E-state index is 14.3. The summed E-state index contributed by atoms with van der Waals surface area (Å²) in [5.41, 5.74) is 3.36. The van der Waals surface area contributed by atoms with E-state index in [-0.39, 0.29) is 36.3 Å². The van der Waals surface area contributed by atoms with E-state index in [4.69, 9.17) is 4.74 Å². The lowest BCUT2D eigenvalue weighted by atomic mass is 9.81. The Morgan fingerprint density at radius 2 is 1.79 bits per heavy atom. The van der Waals surface area contributed by atoms with Crippen LogP contribution in [0, 0.1) is 24.6 Å². The Morgan fingerprint density at radius 1 is 1.07 bits per heavy atom. The number of aryl methyl sites for hydroxylation is 1. The van der Waals surface area contributed by atoms with Gasteiger partial charge < -0.3 is 14.7 Å². The molecule has 230 valence electrons. The molecule has 4 unspecified atom stereocenters. The molecule has 1 fully saturated rings. The first-order valence-electron chi connectivity index (χ1n) is 16.0. The fraction of sp³-hybridized carbons (Fsp3) is 0.600. The Kier molecular flexibility index (Phi) is 11.0.